The molecule has 0 aliphatic heterocycles. The fraction of sp³-hybridized carbons (Fsp3) is 0.294. The number of nitrogens with zero attached hydrogens (tertiary/aromatic N) is 2. The first-order valence-electron chi connectivity index (χ1n) is 6.92. The molecule has 2 nitrogen and oxygen atoms in total. The molecule has 0 spiro atoms. The van der Waals surface area contributed by atoms with Gasteiger partial charge in [0.2, 0.25) is 0 Å². The largest absolute Gasteiger partial charge is 0.240 e. The minimum Gasteiger partial charge on any atom is -0.240 e. The number of aryl methyl sites for hydroxylation is 1. The van der Waals surface area contributed by atoms with E-state index in [0.29, 0.717) is 5.57 Å². The molecule has 100 valence electrons. The molecule has 0 saturated carbocycles. The van der Waals surface area contributed by atoms with E-state index in [-0.39, 0.29) is 0 Å². The Morgan fingerprint density at radius 3 is 2.95 bits per heavy atom. The molecule has 1 aromatic heterocycles. The van der Waals surface area contributed by atoms with Gasteiger partial charge in [0.1, 0.15) is 11.1 Å². The van der Waals surface area contributed by atoms with Crippen LogP contribution in [0.1, 0.15) is 34.5 Å². The Labute approximate surface area is 123 Å². The Hall–Kier alpha value is -1.92. The highest BCUT2D eigenvalue weighted by Gasteiger charge is 2.20. The predicted molar refractivity (Wildman–Crippen MR) is 83.2 cm³/mol. The molecule has 1 aromatic carbocycles. The van der Waals surface area contributed by atoms with Crippen molar-refractivity contribution in [2.24, 2.45) is 5.92 Å². The number of aromatic nitrogens is 1. The first-order chi connectivity index (χ1) is 9.76. The van der Waals surface area contributed by atoms with Crippen LogP contribution in [0.3, 0.4) is 0 Å². The summed E-state index contributed by atoms with van der Waals surface area (Å²) < 4.78 is 0. The van der Waals surface area contributed by atoms with Crippen molar-refractivity contribution in [3.63, 3.8) is 0 Å². The molecule has 0 amide bonds. The highest BCUT2D eigenvalue weighted by atomic mass is 32.1. The van der Waals surface area contributed by atoms with Gasteiger partial charge < -0.3 is 0 Å². The Bertz CT molecular complexity index is 677. The molecule has 0 unspecified atom stereocenters. The van der Waals surface area contributed by atoms with E-state index in [1.54, 1.807) is 11.3 Å². The zero-order chi connectivity index (χ0) is 13.9. The molecule has 20 heavy (non-hydrogen) atoms. The third-order valence-corrected chi connectivity index (χ3v) is 4.80. The minimum atomic E-state index is 0.670. The van der Waals surface area contributed by atoms with E-state index >= 15 is 0 Å². The van der Waals surface area contributed by atoms with Crippen LogP contribution >= 0.6 is 11.3 Å². The van der Waals surface area contributed by atoms with Gasteiger partial charge in [-0.15, -0.1) is 11.3 Å². The zero-order valence-electron chi connectivity index (χ0n) is 11.5. The van der Waals surface area contributed by atoms with E-state index in [1.165, 1.54) is 17.0 Å². The maximum absolute atomic E-state index is 9.40. The predicted octanol–water partition coefficient (Wildman–Crippen LogP) is 4.33. The molecule has 3 rings (SSSR count). The van der Waals surface area contributed by atoms with E-state index in [9.17, 15) is 5.26 Å². The van der Waals surface area contributed by atoms with Gasteiger partial charge in [0, 0.05) is 4.88 Å². The van der Waals surface area contributed by atoms with Crippen LogP contribution in [0.25, 0.3) is 11.6 Å². The number of hydrogen-bond donors (Lipinski definition) is 0. The zero-order valence-corrected chi connectivity index (χ0v) is 12.3. The highest BCUT2D eigenvalue weighted by molar-refractivity contribution is 7.13. The lowest BCUT2D eigenvalue weighted by Crippen LogP contribution is -2.09. The van der Waals surface area contributed by atoms with Crippen molar-refractivity contribution in [3.05, 3.63) is 51.5 Å². The van der Waals surface area contributed by atoms with Crippen LogP contribution in [0.15, 0.2) is 30.3 Å². The fourth-order valence-corrected chi connectivity index (χ4v) is 3.75. The summed E-state index contributed by atoms with van der Waals surface area (Å²) in [6.45, 7) is 2.29. The number of allylic oxidation sites excluding steroid dienone is 1. The molecule has 0 fully saturated rings. The van der Waals surface area contributed by atoms with E-state index in [0.717, 1.165) is 29.3 Å². The summed E-state index contributed by atoms with van der Waals surface area (Å²) in [6.07, 6.45) is 5.29. The van der Waals surface area contributed by atoms with Crippen molar-refractivity contribution < 1.29 is 0 Å². The summed E-state index contributed by atoms with van der Waals surface area (Å²) in [5, 5.41) is 10.3. The second-order valence-electron chi connectivity index (χ2n) is 5.32. The summed E-state index contributed by atoms with van der Waals surface area (Å²) >= 11 is 1.69. The third kappa shape index (κ3) is 2.66. The van der Waals surface area contributed by atoms with Gasteiger partial charge in [-0.2, -0.15) is 5.26 Å². The molecule has 1 aliphatic rings. The number of rotatable bonds is 2. The Balaban J connectivity index is 1.95. The van der Waals surface area contributed by atoms with Crippen LogP contribution in [0, 0.1) is 17.2 Å². The first-order valence-corrected chi connectivity index (χ1v) is 7.73. The van der Waals surface area contributed by atoms with Crippen molar-refractivity contribution in [1.29, 1.82) is 5.26 Å². The average molecular weight is 280 g/mol. The Kier molecular flexibility index (Phi) is 3.66. The van der Waals surface area contributed by atoms with Gasteiger partial charge in [-0.05, 0) is 36.8 Å². The lowest BCUT2D eigenvalue weighted by Gasteiger charge is -2.15. The van der Waals surface area contributed by atoms with Crippen molar-refractivity contribution >= 4 is 23.0 Å². The highest BCUT2D eigenvalue weighted by Crippen LogP contribution is 2.32. The lowest BCUT2D eigenvalue weighted by molar-refractivity contribution is 0.502. The molecule has 1 aliphatic carbocycles. The second-order valence-corrected chi connectivity index (χ2v) is 6.40. The molecule has 2 aromatic rings. The molecule has 0 saturated heterocycles. The monoisotopic (exact) mass is 280 g/mol. The van der Waals surface area contributed by atoms with Gasteiger partial charge in [-0.3, -0.25) is 0 Å². The summed E-state index contributed by atoms with van der Waals surface area (Å²) in [5.74, 6) is 0.736. The van der Waals surface area contributed by atoms with Gasteiger partial charge >= 0.3 is 0 Å². The molecular weight excluding hydrogens is 264 g/mol. The van der Waals surface area contributed by atoms with Gasteiger partial charge in [0.15, 0.2) is 0 Å². The normalized spacial score (nSPS) is 18.4. The van der Waals surface area contributed by atoms with Gasteiger partial charge in [-0.1, -0.05) is 37.3 Å². The molecule has 1 atom stereocenters. The summed E-state index contributed by atoms with van der Waals surface area (Å²) in [5.41, 5.74) is 2.92. The molecule has 1 heterocycles. The number of thiazole rings is 1. The van der Waals surface area contributed by atoms with Crippen molar-refractivity contribution in [2.75, 3.05) is 0 Å². The van der Waals surface area contributed by atoms with Crippen LogP contribution in [0.5, 0.6) is 0 Å². The van der Waals surface area contributed by atoms with Gasteiger partial charge in [0.05, 0.1) is 11.3 Å². The standard InChI is InChI=1S/C17H16N2S/c1-12-7-8-15-16(9-12)20-17(19-15)14(11-18)10-13-5-3-2-4-6-13/h2-6,10,12H,7-9H2,1H3/b14-10-/t12-/m0/s1. The smallest absolute Gasteiger partial charge is 0.134 e. The Morgan fingerprint density at radius 1 is 1.40 bits per heavy atom. The summed E-state index contributed by atoms with van der Waals surface area (Å²) in [7, 11) is 0. The van der Waals surface area contributed by atoms with Crippen molar-refractivity contribution in [1.82, 2.24) is 4.98 Å². The maximum Gasteiger partial charge on any atom is 0.134 e. The second kappa shape index (κ2) is 5.60. The third-order valence-electron chi connectivity index (χ3n) is 3.65. The van der Waals surface area contributed by atoms with Crippen molar-refractivity contribution in [3.8, 4) is 6.07 Å². The van der Waals surface area contributed by atoms with Crippen molar-refractivity contribution in [2.45, 2.75) is 26.2 Å². The molecule has 0 N–H and O–H groups in total. The van der Waals surface area contributed by atoms with Crippen LogP contribution in [-0.4, -0.2) is 4.98 Å². The summed E-state index contributed by atoms with van der Waals surface area (Å²) in [6, 6.07) is 12.3. The van der Waals surface area contributed by atoms with Gasteiger partial charge in [0.25, 0.3) is 0 Å². The fourth-order valence-electron chi connectivity index (χ4n) is 2.51. The van der Waals surface area contributed by atoms with Crippen LogP contribution < -0.4 is 0 Å². The van der Waals surface area contributed by atoms with Crippen LogP contribution in [0.4, 0.5) is 0 Å². The number of fused-ring (bicyclic) bond motifs is 1. The van der Waals surface area contributed by atoms with E-state index in [2.05, 4.69) is 18.0 Å². The SMILES string of the molecule is C[C@H]1CCc2nc(/C(C#N)=C\c3ccccc3)sc2C1. The van der Waals surface area contributed by atoms with Gasteiger partial charge in [-0.25, -0.2) is 4.98 Å². The minimum absolute atomic E-state index is 0.670. The lowest BCUT2D eigenvalue weighted by atomic mass is 9.93. The van der Waals surface area contributed by atoms with E-state index in [4.69, 9.17) is 0 Å². The van der Waals surface area contributed by atoms with Crippen LogP contribution in [0.2, 0.25) is 0 Å². The quantitative estimate of drug-likeness (QED) is 0.768. The average Bonchev–Trinajstić information content (AvgIpc) is 2.88. The first kappa shape index (κ1) is 13.1. The summed E-state index contributed by atoms with van der Waals surface area (Å²) in [4.78, 5) is 6.05. The molecular formula is C17H16N2S. The maximum atomic E-state index is 9.40. The Morgan fingerprint density at radius 2 is 2.20 bits per heavy atom. The molecule has 0 bridgehead atoms. The topological polar surface area (TPSA) is 36.7 Å². The van der Waals surface area contributed by atoms with Crippen LogP contribution in [-0.2, 0) is 12.8 Å². The van der Waals surface area contributed by atoms with E-state index in [1.807, 2.05) is 36.4 Å². The number of benzene rings is 1. The number of hydrogen-bond acceptors (Lipinski definition) is 3. The molecule has 3 heteroatoms. The van der Waals surface area contributed by atoms with E-state index < -0.39 is 0 Å². The number of nitriles is 1. The molecule has 0 radical (unpaired) electrons.